The molecule has 1 aromatic heterocycles. The predicted octanol–water partition coefficient (Wildman–Crippen LogP) is 5.09. The second-order valence-electron chi connectivity index (χ2n) is 11.3. The van der Waals surface area contributed by atoms with Gasteiger partial charge in [-0.25, -0.2) is 4.79 Å². The lowest BCUT2D eigenvalue weighted by Crippen LogP contribution is -2.48. The van der Waals surface area contributed by atoms with Crippen LogP contribution in [0.5, 0.6) is 0 Å². The summed E-state index contributed by atoms with van der Waals surface area (Å²) in [5.74, 6) is 5.34. The molecule has 1 aromatic carbocycles. The molecule has 3 rings (SSSR count). The quantitative estimate of drug-likeness (QED) is 0.132. The van der Waals surface area contributed by atoms with Gasteiger partial charge in [0.1, 0.15) is 5.60 Å². The third-order valence-corrected chi connectivity index (χ3v) is 7.43. The molecule has 2 amide bonds. The van der Waals surface area contributed by atoms with Crippen molar-refractivity contribution in [2.24, 2.45) is 0 Å². The molecular weight excluding hydrogens is 566 g/mol. The molecule has 1 saturated heterocycles. The van der Waals surface area contributed by atoms with Crippen LogP contribution in [-0.2, 0) is 28.8 Å². The van der Waals surface area contributed by atoms with Gasteiger partial charge in [0.15, 0.2) is 0 Å². The zero-order chi connectivity index (χ0) is 31.2. The van der Waals surface area contributed by atoms with Crippen molar-refractivity contribution in [1.82, 2.24) is 10.4 Å². The van der Waals surface area contributed by atoms with E-state index in [2.05, 4.69) is 39.2 Å². The smallest absolute Gasteiger partial charge is 0.331 e. The van der Waals surface area contributed by atoms with Crippen molar-refractivity contribution in [2.45, 2.75) is 71.8 Å². The number of nitrogens with one attached hydrogen (secondary N) is 1. The number of unbranched alkanes of at least 4 members (excludes halogenated alkanes) is 3. The van der Waals surface area contributed by atoms with Gasteiger partial charge in [-0.2, -0.15) is 5.48 Å². The number of carbonyl (C=O) groups excluding carboxylic acids is 4. The first-order valence-electron chi connectivity index (χ1n) is 14.6. The summed E-state index contributed by atoms with van der Waals surface area (Å²) < 4.78 is 5.29. The molecule has 0 unspecified atom stereocenters. The zero-order valence-electron chi connectivity index (χ0n) is 25.4. The van der Waals surface area contributed by atoms with E-state index in [4.69, 9.17) is 4.74 Å². The van der Waals surface area contributed by atoms with E-state index in [1.165, 1.54) is 24.3 Å². The van der Waals surface area contributed by atoms with Gasteiger partial charge in [-0.1, -0.05) is 24.7 Å². The molecule has 0 saturated carbocycles. The first kappa shape index (κ1) is 33.4. The number of hydrogen-bond acceptors (Lipinski definition) is 8. The maximum atomic E-state index is 12.6. The van der Waals surface area contributed by atoms with Crippen LogP contribution in [0.1, 0.15) is 81.5 Å². The van der Waals surface area contributed by atoms with E-state index in [9.17, 15) is 19.2 Å². The van der Waals surface area contributed by atoms with Crippen LogP contribution in [0.2, 0.25) is 0 Å². The van der Waals surface area contributed by atoms with Crippen molar-refractivity contribution in [3.8, 4) is 11.8 Å². The normalized spacial score (nSPS) is 13.3. The van der Waals surface area contributed by atoms with Gasteiger partial charge in [0.2, 0.25) is 5.91 Å². The Morgan fingerprint density at radius 3 is 2.23 bits per heavy atom. The van der Waals surface area contributed by atoms with Gasteiger partial charge in [-0.15, -0.1) is 11.3 Å². The van der Waals surface area contributed by atoms with Crippen LogP contribution in [0.4, 0.5) is 5.69 Å². The summed E-state index contributed by atoms with van der Waals surface area (Å²) in [4.78, 5) is 57.2. The molecule has 0 bridgehead atoms. The number of nitrogens with zero attached hydrogens (tertiary/aromatic N) is 2. The van der Waals surface area contributed by atoms with Crippen LogP contribution >= 0.6 is 11.3 Å². The predicted molar refractivity (Wildman–Crippen MR) is 168 cm³/mol. The Morgan fingerprint density at radius 2 is 1.58 bits per heavy atom. The lowest BCUT2D eigenvalue weighted by Gasteiger charge is -2.36. The molecule has 1 aliphatic rings. The molecule has 1 N–H and O–H groups in total. The summed E-state index contributed by atoms with van der Waals surface area (Å²) in [7, 11) is 0. The summed E-state index contributed by atoms with van der Waals surface area (Å²) in [6.07, 6.45) is 7.19. The minimum atomic E-state index is -0.551. The molecule has 10 heteroatoms. The highest BCUT2D eigenvalue weighted by atomic mass is 32.1. The molecule has 0 radical (unpaired) electrons. The summed E-state index contributed by atoms with van der Waals surface area (Å²) in [6, 6.07) is 12.0. The monoisotopic (exact) mass is 607 g/mol. The summed E-state index contributed by atoms with van der Waals surface area (Å²) in [5.41, 5.74) is 3.62. The molecule has 2 aromatic rings. The number of hydrogen-bond donors (Lipinski definition) is 1. The van der Waals surface area contributed by atoms with E-state index in [-0.39, 0.29) is 17.8 Å². The van der Waals surface area contributed by atoms with Gasteiger partial charge < -0.3 is 19.4 Å². The largest absolute Gasteiger partial charge is 0.457 e. The third kappa shape index (κ3) is 12.7. The number of benzene rings is 1. The fraction of sp³-hybridized carbons (Fsp3) is 0.455. The standard InChI is InChI=1S/C33H41N3O6S/c1-25(37)42-34-30(38)9-7-5-6-8-10-31(39)36-23-21-35(22-24-36)27-14-11-26(12-15-27)13-16-28-17-18-29(43-28)19-20-32(40)41-33(2,3)4/h11-12,14-15,17-20H,5-10,21-24H2,1-4H3,(H,34,38). The first-order valence-corrected chi connectivity index (χ1v) is 15.4. The lowest BCUT2D eigenvalue weighted by atomic mass is 10.1. The van der Waals surface area contributed by atoms with Gasteiger partial charge in [0.25, 0.3) is 5.91 Å². The Bertz CT molecular complexity index is 1340. The molecule has 0 atom stereocenters. The molecular formula is C33H41N3O6S. The highest BCUT2D eigenvalue weighted by Gasteiger charge is 2.21. The van der Waals surface area contributed by atoms with Crippen molar-refractivity contribution < 1.29 is 28.8 Å². The van der Waals surface area contributed by atoms with Gasteiger partial charge in [0.05, 0.1) is 4.88 Å². The number of carbonyl (C=O) groups is 4. The first-order chi connectivity index (χ1) is 20.5. The Morgan fingerprint density at radius 1 is 0.907 bits per heavy atom. The lowest BCUT2D eigenvalue weighted by molar-refractivity contribution is -0.156. The van der Waals surface area contributed by atoms with Gasteiger partial charge in [-0.05, 0) is 76.1 Å². The summed E-state index contributed by atoms with van der Waals surface area (Å²) >= 11 is 1.52. The Hall–Kier alpha value is -4.10. The number of rotatable bonds is 10. The maximum absolute atomic E-state index is 12.6. The summed E-state index contributed by atoms with van der Waals surface area (Å²) in [6.45, 7) is 9.69. The maximum Gasteiger partial charge on any atom is 0.331 e. The van der Waals surface area contributed by atoms with Crippen molar-refractivity contribution in [3.63, 3.8) is 0 Å². The SMILES string of the molecule is CC(=O)ONC(=O)CCCCCCC(=O)N1CCN(c2ccc(C#Cc3ccc(C=CC(=O)OC(C)(C)C)s3)cc2)CC1. The van der Waals surface area contributed by atoms with Crippen LogP contribution in [-0.4, -0.2) is 60.4 Å². The van der Waals surface area contributed by atoms with Gasteiger partial charge >= 0.3 is 11.9 Å². The van der Waals surface area contributed by atoms with Crippen molar-refractivity contribution in [2.75, 3.05) is 31.1 Å². The number of amides is 2. The van der Waals surface area contributed by atoms with E-state index in [0.29, 0.717) is 32.4 Å². The minimum absolute atomic E-state index is 0.176. The van der Waals surface area contributed by atoms with Crippen molar-refractivity contribution >= 4 is 46.9 Å². The van der Waals surface area contributed by atoms with E-state index in [1.54, 1.807) is 6.08 Å². The van der Waals surface area contributed by atoms with E-state index in [0.717, 1.165) is 53.4 Å². The third-order valence-electron chi connectivity index (χ3n) is 6.47. The van der Waals surface area contributed by atoms with E-state index < -0.39 is 11.6 Å². The number of thiophene rings is 1. The summed E-state index contributed by atoms with van der Waals surface area (Å²) in [5, 5.41) is 0. The Labute approximate surface area is 258 Å². The van der Waals surface area contributed by atoms with Crippen LogP contribution < -0.4 is 10.4 Å². The van der Waals surface area contributed by atoms with Crippen LogP contribution in [0, 0.1) is 11.8 Å². The molecule has 0 spiro atoms. The molecule has 9 nitrogen and oxygen atoms in total. The topological polar surface area (TPSA) is 105 Å². The van der Waals surface area contributed by atoms with Gasteiger partial charge in [0, 0.05) is 68.1 Å². The number of ether oxygens (including phenoxy) is 1. The second kappa shape index (κ2) is 16.5. The molecule has 1 fully saturated rings. The molecule has 1 aliphatic heterocycles. The van der Waals surface area contributed by atoms with Crippen LogP contribution in [0.3, 0.4) is 0 Å². The Balaban J connectivity index is 1.36. The van der Waals surface area contributed by atoms with Crippen LogP contribution in [0.25, 0.3) is 6.08 Å². The number of anilines is 1. The highest BCUT2D eigenvalue weighted by molar-refractivity contribution is 7.13. The minimum Gasteiger partial charge on any atom is -0.457 e. The average molecular weight is 608 g/mol. The fourth-order valence-corrected chi connectivity index (χ4v) is 5.12. The number of hydroxylamine groups is 1. The number of esters is 1. The second-order valence-corrected chi connectivity index (χ2v) is 12.4. The Kier molecular flexibility index (Phi) is 12.8. The van der Waals surface area contributed by atoms with Crippen molar-refractivity contribution in [3.05, 3.63) is 57.8 Å². The molecule has 230 valence electrons. The van der Waals surface area contributed by atoms with E-state index >= 15 is 0 Å². The fourth-order valence-electron chi connectivity index (χ4n) is 4.35. The highest BCUT2D eigenvalue weighted by Crippen LogP contribution is 2.20. The molecule has 43 heavy (non-hydrogen) atoms. The number of piperazine rings is 1. The zero-order valence-corrected chi connectivity index (χ0v) is 26.3. The van der Waals surface area contributed by atoms with E-state index in [1.807, 2.05) is 49.9 Å². The van der Waals surface area contributed by atoms with Crippen molar-refractivity contribution in [1.29, 1.82) is 0 Å². The average Bonchev–Trinajstić information content (AvgIpc) is 3.43. The van der Waals surface area contributed by atoms with Gasteiger partial charge in [-0.3, -0.25) is 14.4 Å². The molecule has 0 aliphatic carbocycles. The molecule has 2 heterocycles. The van der Waals surface area contributed by atoms with Crippen LogP contribution in [0.15, 0.2) is 42.5 Å².